The van der Waals surface area contributed by atoms with Crippen LogP contribution in [0.3, 0.4) is 0 Å². The van der Waals surface area contributed by atoms with Crippen LogP contribution in [0.4, 0.5) is 0 Å². The van der Waals surface area contributed by atoms with E-state index in [0.717, 1.165) is 38.4 Å². The first kappa shape index (κ1) is 15.5. The summed E-state index contributed by atoms with van der Waals surface area (Å²) in [7, 11) is 0. The van der Waals surface area contributed by atoms with Crippen molar-refractivity contribution >= 4 is 5.91 Å². The van der Waals surface area contributed by atoms with E-state index in [1.54, 1.807) is 6.92 Å². The zero-order chi connectivity index (χ0) is 15.4. The fourth-order valence-corrected chi connectivity index (χ4v) is 4.05. The van der Waals surface area contributed by atoms with Crippen molar-refractivity contribution in [2.75, 3.05) is 19.6 Å². The van der Waals surface area contributed by atoms with E-state index in [0.29, 0.717) is 6.04 Å². The predicted octanol–water partition coefficient (Wildman–Crippen LogP) is 2.69. The van der Waals surface area contributed by atoms with Gasteiger partial charge in [0.05, 0.1) is 5.69 Å². The molecule has 4 heteroatoms. The Hall–Kier alpha value is -1.42. The lowest BCUT2D eigenvalue weighted by atomic mass is 9.83. The van der Waals surface area contributed by atoms with Crippen LogP contribution in [-0.2, 0) is 11.3 Å². The van der Waals surface area contributed by atoms with E-state index in [1.807, 2.05) is 17.2 Å². The molecule has 120 valence electrons. The Labute approximate surface area is 133 Å². The Balaban J connectivity index is 1.62. The average Bonchev–Trinajstić information content (AvgIpc) is 2.56. The number of hydrogen-bond donors (Lipinski definition) is 0. The summed E-state index contributed by atoms with van der Waals surface area (Å²) < 4.78 is 0. The molecule has 4 nitrogen and oxygen atoms in total. The number of carbonyl (C=O) groups excluding carboxylic acids is 1. The highest BCUT2D eigenvalue weighted by Gasteiger charge is 2.32. The van der Waals surface area contributed by atoms with Crippen molar-refractivity contribution in [1.29, 1.82) is 0 Å². The maximum Gasteiger partial charge on any atom is 0.219 e. The predicted molar refractivity (Wildman–Crippen MR) is 87.3 cm³/mol. The van der Waals surface area contributed by atoms with Crippen LogP contribution in [0.1, 0.15) is 44.7 Å². The maximum atomic E-state index is 11.5. The summed E-state index contributed by atoms with van der Waals surface area (Å²) in [6.07, 6.45) is 8.15. The van der Waals surface area contributed by atoms with E-state index in [2.05, 4.69) is 22.0 Å². The Morgan fingerprint density at radius 2 is 2.00 bits per heavy atom. The number of amides is 1. The van der Waals surface area contributed by atoms with E-state index >= 15 is 0 Å². The van der Waals surface area contributed by atoms with Crippen molar-refractivity contribution in [1.82, 2.24) is 14.8 Å². The van der Waals surface area contributed by atoms with E-state index in [9.17, 15) is 4.79 Å². The van der Waals surface area contributed by atoms with Crippen LogP contribution in [0.15, 0.2) is 24.4 Å². The van der Waals surface area contributed by atoms with Gasteiger partial charge in [0.15, 0.2) is 0 Å². The monoisotopic (exact) mass is 301 g/mol. The van der Waals surface area contributed by atoms with Crippen LogP contribution in [0.2, 0.25) is 0 Å². The molecule has 1 aromatic heterocycles. The zero-order valence-electron chi connectivity index (χ0n) is 13.6. The Morgan fingerprint density at radius 1 is 1.18 bits per heavy atom. The Bertz CT molecular complexity index is 482. The first-order chi connectivity index (χ1) is 10.7. The van der Waals surface area contributed by atoms with Crippen LogP contribution in [0.25, 0.3) is 0 Å². The molecule has 0 bridgehead atoms. The third kappa shape index (κ3) is 3.67. The van der Waals surface area contributed by atoms with Gasteiger partial charge in [-0.05, 0) is 50.3 Å². The molecule has 0 saturated carbocycles. The molecule has 2 fully saturated rings. The van der Waals surface area contributed by atoms with Crippen LogP contribution in [0.5, 0.6) is 0 Å². The molecule has 2 aliphatic heterocycles. The molecule has 1 atom stereocenters. The van der Waals surface area contributed by atoms with Gasteiger partial charge in [-0.2, -0.15) is 0 Å². The molecule has 0 aliphatic carbocycles. The molecule has 3 rings (SSSR count). The van der Waals surface area contributed by atoms with Crippen LogP contribution in [0, 0.1) is 5.92 Å². The topological polar surface area (TPSA) is 36.4 Å². The van der Waals surface area contributed by atoms with Gasteiger partial charge in [-0.3, -0.25) is 14.7 Å². The molecule has 0 N–H and O–H groups in total. The summed E-state index contributed by atoms with van der Waals surface area (Å²) in [4.78, 5) is 20.6. The van der Waals surface area contributed by atoms with Crippen molar-refractivity contribution in [2.24, 2.45) is 5.92 Å². The van der Waals surface area contributed by atoms with Gasteiger partial charge in [0.2, 0.25) is 5.91 Å². The van der Waals surface area contributed by atoms with Gasteiger partial charge in [0.1, 0.15) is 0 Å². The minimum Gasteiger partial charge on any atom is -0.343 e. The number of carbonyl (C=O) groups is 1. The number of rotatable bonds is 3. The largest absolute Gasteiger partial charge is 0.343 e. The van der Waals surface area contributed by atoms with Crippen molar-refractivity contribution < 1.29 is 4.79 Å². The lowest BCUT2D eigenvalue weighted by molar-refractivity contribution is -0.130. The van der Waals surface area contributed by atoms with E-state index < -0.39 is 0 Å². The van der Waals surface area contributed by atoms with Crippen molar-refractivity contribution in [2.45, 2.75) is 51.6 Å². The number of likely N-dealkylation sites (tertiary alicyclic amines) is 2. The van der Waals surface area contributed by atoms with Gasteiger partial charge in [-0.1, -0.05) is 12.5 Å². The van der Waals surface area contributed by atoms with Crippen LogP contribution >= 0.6 is 0 Å². The molecule has 3 heterocycles. The van der Waals surface area contributed by atoms with Gasteiger partial charge in [-0.25, -0.2) is 0 Å². The summed E-state index contributed by atoms with van der Waals surface area (Å²) in [5.41, 5.74) is 1.18. The quantitative estimate of drug-likeness (QED) is 0.861. The molecule has 0 radical (unpaired) electrons. The molecule has 2 aliphatic rings. The van der Waals surface area contributed by atoms with Crippen molar-refractivity contribution in [3.8, 4) is 0 Å². The van der Waals surface area contributed by atoms with E-state index in [4.69, 9.17) is 0 Å². The van der Waals surface area contributed by atoms with E-state index in [1.165, 1.54) is 31.5 Å². The zero-order valence-corrected chi connectivity index (χ0v) is 13.6. The molecule has 0 unspecified atom stereocenters. The van der Waals surface area contributed by atoms with Gasteiger partial charge in [0, 0.05) is 38.8 Å². The SMILES string of the molecule is CC(=O)N1CCC([C@H]2CCCCN2Cc2ccccn2)CC1. The Morgan fingerprint density at radius 3 is 2.68 bits per heavy atom. The van der Waals surface area contributed by atoms with Crippen molar-refractivity contribution in [3.63, 3.8) is 0 Å². The molecular weight excluding hydrogens is 274 g/mol. The highest BCUT2D eigenvalue weighted by Crippen LogP contribution is 2.31. The lowest BCUT2D eigenvalue weighted by Gasteiger charge is -2.43. The summed E-state index contributed by atoms with van der Waals surface area (Å²) in [6.45, 7) is 5.72. The van der Waals surface area contributed by atoms with Crippen LogP contribution in [-0.4, -0.2) is 46.4 Å². The number of aromatic nitrogens is 1. The van der Waals surface area contributed by atoms with Crippen molar-refractivity contribution in [3.05, 3.63) is 30.1 Å². The number of hydrogen-bond acceptors (Lipinski definition) is 3. The second kappa shape index (κ2) is 7.23. The van der Waals surface area contributed by atoms with Crippen LogP contribution < -0.4 is 0 Å². The normalized spacial score (nSPS) is 24.4. The first-order valence-corrected chi connectivity index (χ1v) is 8.63. The second-order valence-corrected chi connectivity index (χ2v) is 6.70. The molecule has 0 aromatic carbocycles. The minimum atomic E-state index is 0.229. The first-order valence-electron chi connectivity index (χ1n) is 8.63. The fourth-order valence-electron chi connectivity index (χ4n) is 4.05. The standard InChI is InChI=1S/C18H27N3O/c1-15(22)20-12-8-16(9-13-20)18-7-3-5-11-21(18)14-17-6-2-4-10-19-17/h2,4,6,10,16,18H,3,5,7-9,11-14H2,1H3/t18-/m1/s1. The van der Waals surface area contributed by atoms with Gasteiger partial charge in [0.25, 0.3) is 0 Å². The summed E-state index contributed by atoms with van der Waals surface area (Å²) in [5.74, 6) is 0.965. The molecule has 1 aromatic rings. The number of nitrogens with zero attached hydrogens (tertiary/aromatic N) is 3. The third-order valence-corrected chi connectivity index (χ3v) is 5.28. The highest BCUT2D eigenvalue weighted by molar-refractivity contribution is 5.73. The molecule has 0 spiro atoms. The number of pyridine rings is 1. The second-order valence-electron chi connectivity index (χ2n) is 6.70. The smallest absolute Gasteiger partial charge is 0.219 e. The van der Waals surface area contributed by atoms with Gasteiger partial charge in [-0.15, -0.1) is 0 Å². The molecule has 2 saturated heterocycles. The van der Waals surface area contributed by atoms with E-state index in [-0.39, 0.29) is 5.91 Å². The average molecular weight is 301 g/mol. The number of piperidine rings is 2. The molecule has 22 heavy (non-hydrogen) atoms. The summed E-state index contributed by atoms with van der Waals surface area (Å²) in [5, 5.41) is 0. The van der Waals surface area contributed by atoms with Gasteiger partial charge < -0.3 is 4.90 Å². The fraction of sp³-hybridized carbons (Fsp3) is 0.667. The third-order valence-electron chi connectivity index (χ3n) is 5.28. The van der Waals surface area contributed by atoms with Gasteiger partial charge >= 0.3 is 0 Å². The summed E-state index contributed by atoms with van der Waals surface area (Å²) >= 11 is 0. The Kier molecular flexibility index (Phi) is 5.08. The minimum absolute atomic E-state index is 0.229. The lowest BCUT2D eigenvalue weighted by Crippen LogP contribution is -2.48. The molecule has 1 amide bonds. The summed E-state index contributed by atoms with van der Waals surface area (Å²) in [6, 6.07) is 6.86. The maximum absolute atomic E-state index is 11.5. The molecular formula is C18H27N3O. The highest BCUT2D eigenvalue weighted by atomic mass is 16.2.